The Morgan fingerprint density at radius 3 is 2.32 bits per heavy atom. The van der Waals surface area contributed by atoms with E-state index >= 15 is 0 Å². The van der Waals surface area contributed by atoms with E-state index in [1.54, 1.807) is 18.8 Å². The van der Waals surface area contributed by atoms with Gasteiger partial charge in [-0.2, -0.15) is 0 Å². The van der Waals surface area contributed by atoms with Crippen LogP contribution in [0.3, 0.4) is 0 Å². The van der Waals surface area contributed by atoms with E-state index in [9.17, 15) is 19.8 Å². The number of aromatic nitrogens is 4. The SMILES string of the molecule is Cn1nnnc1SCC1=C(C(=O)O)N2C(=O)[C@@H](NCc3cc(C(C)(C)C)c(O)c(C(C)(C)C)c3)[C@@H]2SC1. The number of aryl methyl sites for hydroxylation is 1. The summed E-state index contributed by atoms with van der Waals surface area (Å²) in [5.41, 5.74) is 2.94. The smallest absolute Gasteiger partial charge is 0.352 e. The Morgan fingerprint density at radius 1 is 1.19 bits per heavy atom. The van der Waals surface area contributed by atoms with Crippen LogP contribution < -0.4 is 5.32 Å². The highest BCUT2D eigenvalue weighted by Crippen LogP contribution is 2.42. The molecule has 0 bridgehead atoms. The van der Waals surface area contributed by atoms with Gasteiger partial charge < -0.3 is 10.2 Å². The van der Waals surface area contributed by atoms with Crippen molar-refractivity contribution >= 4 is 35.4 Å². The second kappa shape index (κ2) is 9.95. The Morgan fingerprint density at radius 2 is 1.81 bits per heavy atom. The van der Waals surface area contributed by atoms with Crippen LogP contribution in [0.2, 0.25) is 0 Å². The monoisotopic (exact) mass is 546 g/mol. The summed E-state index contributed by atoms with van der Waals surface area (Å²) in [6, 6.07) is 3.50. The van der Waals surface area contributed by atoms with Crippen molar-refractivity contribution in [3.8, 4) is 5.75 Å². The molecule has 12 heteroatoms. The zero-order chi connectivity index (χ0) is 27.3. The molecular formula is C25H34N6O4S2. The maximum absolute atomic E-state index is 13.1. The summed E-state index contributed by atoms with van der Waals surface area (Å²) >= 11 is 2.90. The molecule has 3 heterocycles. The number of nitrogens with zero attached hydrogens (tertiary/aromatic N) is 5. The maximum atomic E-state index is 13.1. The third kappa shape index (κ3) is 5.37. The predicted molar refractivity (Wildman–Crippen MR) is 143 cm³/mol. The minimum absolute atomic E-state index is 0.0594. The standard InChI is InChI=1S/C25H34N6O4S2/c1-24(2,3)15-8-13(9-16(19(15)32)25(4,5)6)10-26-17-20(33)31-18(22(34)35)14(11-36-21(17)31)12-37-23-27-28-29-30(23)7/h8-9,17,21,26,32H,10-12H2,1-7H3,(H,34,35)/t17-,21+/m1/s1. The van der Waals surface area contributed by atoms with Crippen LogP contribution in [0, 0.1) is 0 Å². The van der Waals surface area contributed by atoms with Crippen LogP contribution in [0.15, 0.2) is 28.6 Å². The third-order valence-corrected chi connectivity index (χ3v) is 8.95. The number of phenolic OH excluding ortho intramolecular Hbond substituents is 1. The fourth-order valence-corrected chi connectivity index (χ4v) is 6.88. The number of aromatic hydroxyl groups is 1. The summed E-state index contributed by atoms with van der Waals surface area (Å²) in [6.45, 7) is 12.8. The molecule has 3 N–H and O–H groups in total. The summed E-state index contributed by atoms with van der Waals surface area (Å²) in [4.78, 5) is 26.7. The van der Waals surface area contributed by atoms with Crippen LogP contribution in [-0.2, 0) is 34.0 Å². The van der Waals surface area contributed by atoms with Crippen molar-refractivity contribution in [3.05, 3.63) is 40.1 Å². The van der Waals surface area contributed by atoms with Crippen molar-refractivity contribution in [1.82, 2.24) is 30.4 Å². The molecule has 0 saturated carbocycles. The van der Waals surface area contributed by atoms with E-state index in [1.807, 2.05) is 12.1 Å². The van der Waals surface area contributed by atoms with Crippen molar-refractivity contribution in [3.63, 3.8) is 0 Å². The molecule has 2 aliphatic rings. The summed E-state index contributed by atoms with van der Waals surface area (Å²) < 4.78 is 1.53. The van der Waals surface area contributed by atoms with Crippen LogP contribution in [0.5, 0.6) is 5.75 Å². The zero-order valence-electron chi connectivity index (χ0n) is 22.2. The second-order valence-electron chi connectivity index (χ2n) is 11.4. The van der Waals surface area contributed by atoms with Gasteiger partial charge in [0.25, 0.3) is 0 Å². The molecule has 200 valence electrons. The fourth-order valence-electron chi connectivity index (χ4n) is 4.51. The van der Waals surface area contributed by atoms with Crippen LogP contribution >= 0.6 is 23.5 Å². The number of hydrogen-bond donors (Lipinski definition) is 3. The Bertz CT molecular complexity index is 1230. The maximum Gasteiger partial charge on any atom is 0.352 e. The third-order valence-electron chi connectivity index (χ3n) is 6.52. The molecule has 0 spiro atoms. The van der Waals surface area contributed by atoms with Gasteiger partial charge >= 0.3 is 5.97 Å². The van der Waals surface area contributed by atoms with E-state index in [0.717, 1.165) is 16.7 Å². The van der Waals surface area contributed by atoms with Gasteiger partial charge in [-0.3, -0.25) is 15.0 Å². The average molecular weight is 547 g/mol. The summed E-state index contributed by atoms with van der Waals surface area (Å²) in [7, 11) is 1.72. The number of carboxylic acids is 1. The molecule has 0 aliphatic carbocycles. The number of thioether (sulfide) groups is 2. The van der Waals surface area contributed by atoms with Crippen molar-refractivity contribution in [2.24, 2.45) is 7.05 Å². The van der Waals surface area contributed by atoms with Gasteiger partial charge in [0.1, 0.15) is 22.9 Å². The lowest BCUT2D eigenvalue weighted by molar-refractivity contribution is -0.149. The van der Waals surface area contributed by atoms with Crippen molar-refractivity contribution < 1.29 is 19.8 Å². The van der Waals surface area contributed by atoms with Gasteiger partial charge in [-0.25, -0.2) is 9.48 Å². The highest BCUT2D eigenvalue weighted by molar-refractivity contribution is 8.01. The molecule has 1 aromatic heterocycles. The zero-order valence-corrected chi connectivity index (χ0v) is 23.8. The van der Waals surface area contributed by atoms with Crippen LogP contribution in [0.1, 0.15) is 58.2 Å². The van der Waals surface area contributed by atoms with Crippen molar-refractivity contribution in [1.29, 1.82) is 0 Å². The first kappa shape index (κ1) is 27.5. The number of phenols is 1. The van der Waals surface area contributed by atoms with E-state index in [-0.39, 0.29) is 27.8 Å². The lowest BCUT2D eigenvalue weighted by atomic mass is 9.78. The van der Waals surface area contributed by atoms with Gasteiger partial charge in [0.2, 0.25) is 11.1 Å². The highest BCUT2D eigenvalue weighted by Gasteiger charge is 2.53. The number of fused-ring (bicyclic) bond motifs is 1. The van der Waals surface area contributed by atoms with Crippen molar-refractivity contribution in [2.75, 3.05) is 11.5 Å². The molecule has 1 fully saturated rings. The minimum Gasteiger partial charge on any atom is -0.507 e. The lowest BCUT2D eigenvalue weighted by Crippen LogP contribution is -2.69. The van der Waals surface area contributed by atoms with E-state index in [2.05, 4.69) is 62.4 Å². The number of carbonyl (C=O) groups is 2. The minimum atomic E-state index is -1.10. The molecule has 0 radical (unpaired) electrons. The molecule has 2 atom stereocenters. The Labute approximate surface area is 225 Å². The first-order valence-corrected chi connectivity index (χ1v) is 14.1. The lowest BCUT2D eigenvalue weighted by Gasteiger charge is -2.49. The number of benzene rings is 1. The normalized spacial score (nSPS) is 20.2. The number of tetrazole rings is 1. The summed E-state index contributed by atoms with van der Waals surface area (Å²) in [5, 5.41) is 35.9. The first-order chi connectivity index (χ1) is 17.2. The number of carboxylic acid groups (broad SMARTS) is 1. The van der Waals surface area contributed by atoms with Crippen LogP contribution in [0.4, 0.5) is 0 Å². The van der Waals surface area contributed by atoms with E-state index in [4.69, 9.17) is 0 Å². The first-order valence-electron chi connectivity index (χ1n) is 12.1. The number of aliphatic carboxylic acids is 1. The molecule has 1 aromatic carbocycles. The molecular weight excluding hydrogens is 512 g/mol. The Kier molecular flexibility index (Phi) is 7.39. The topological polar surface area (TPSA) is 133 Å². The van der Waals surface area contributed by atoms with E-state index in [0.29, 0.717) is 34.5 Å². The number of nitrogens with one attached hydrogen (secondary N) is 1. The van der Waals surface area contributed by atoms with Gasteiger partial charge in [-0.1, -0.05) is 65.4 Å². The van der Waals surface area contributed by atoms with Gasteiger partial charge in [0.05, 0.1) is 0 Å². The molecule has 2 aromatic rings. The molecule has 4 rings (SSSR count). The molecule has 2 aliphatic heterocycles. The average Bonchev–Trinajstić information content (AvgIpc) is 3.20. The Balaban J connectivity index is 1.51. The number of carbonyl (C=O) groups excluding carboxylic acids is 1. The van der Waals surface area contributed by atoms with Gasteiger partial charge in [0, 0.05) is 25.1 Å². The van der Waals surface area contributed by atoms with Crippen LogP contribution in [0.25, 0.3) is 0 Å². The highest BCUT2D eigenvalue weighted by atomic mass is 32.2. The van der Waals surface area contributed by atoms with Crippen molar-refractivity contribution in [2.45, 2.75) is 75.5 Å². The number of β-lactam (4-membered cyclic amide) rings is 1. The quantitative estimate of drug-likeness (QED) is 0.351. The molecule has 37 heavy (non-hydrogen) atoms. The van der Waals surface area contributed by atoms with E-state index in [1.165, 1.54) is 21.3 Å². The number of hydrogen-bond acceptors (Lipinski definition) is 9. The summed E-state index contributed by atoms with van der Waals surface area (Å²) in [5.74, 6) is -0.143. The van der Waals surface area contributed by atoms with Gasteiger partial charge in [-0.15, -0.1) is 16.9 Å². The fraction of sp³-hybridized carbons (Fsp3) is 0.560. The summed E-state index contributed by atoms with van der Waals surface area (Å²) in [6.07, 6.45) is 0. The second-order valence-corrected chi connectivity index (χ2v) is 13.5. The molecule has 10 nitrogen and oxygen atoms in total. The number of rotatable bonds is 7. The predicted octanol–water partition coefficient (Wildman–Crippen LogP) is 3.02. The largest absolute Gasteiger partial charge is 0.507 e. The molecule has 1 saturated heterocycles. The van der Waals surface area contributed by atoms with Gasteiger partial charge in [0.15, 0.2) is 0 Å². The Hall–Kier alpha value is -2.57. The number of amides is 1. The van der Waals surface area contributed by atoms with Gasteiger partial charge in [-0.05, 0) is 43.5 Å². The van der Waals surface area contributed by atoms with Crippen LogP contribution in [-0.4, -0.2) is 70.1 Å². The molecule has 1 amide bonds. The van der Waals surface area contributed by atoms with E-state index < -0.39 is 12.0 Å². The molecule has 0 unspecified atom stereocenters.